The lowest BCUT2D eigenvalue weighted by Crippen LogP contribution is -2.45. The molecule has 1 aliphatic heterocycles. The number of rotatable bonds is 6. The van der Waals surface area contributed by atoms with Crippen molar-refractivity contribution in [3.63, 3.8) is 0 Å². The van der Waals surface area contributed by atoms with E-state index in [-0.39, 0.29) is 41.8 Å². The number of nitro benzene ring substituents is 1. The van der Waals surface area contributed by atoms with Gasteiger partial charge in [0, 0.05) is 24.2 Å². The van der Waals surface area contributed by atoms with Gasteiger partial charge in [0.2, 0.25) is 0 Å². The van der Waals surface area contributed by atoms with E-state index in [0.717, 1.165) is 12.8 Å². The normalized spacial score (nSPS) is 22.1. The predicted molar refractivity (Wildman–Crippen MR) is 85.5 cm³/mol. The van der Waals surface area contributed by atoms with Gasteiger partial charge in [-0.2, -0.15) is 0 Å². The molecular weight excluding hydrogens is 336 g/mol. The second-order valence-corrected chi connectivity index (χ2v) is 8.36. The highest BCUT2D eigenvalue weighted by Crippen LogP contribution is 2.32. The molecule has 1 saturated carbocycles. The van der Waals surface area contributed by atoms with Crippen LogP contribution in [0.3, 0.4) is 0 Å². The molecule has 2 fully saturated rings. The average Bonchev–Trinajstić information content (AvgIpc) is 3.29. The quantitative estimate of drug-likeness (QED) is 0.560. The van der Waals surface area contributed by atoms with Crippen LogP contribution in [0.2, 0.25) is 0 Å². The number of amides is 1. The van der Waals surface area contributed by atoms with Crippen LogP contribution in [-0.4, -0.2) is 54.3 Å². The monoisotopic (exact) mass is 354 g/mol. The van der Waals surface area contributed by atoms with Crippen molar-refractivity contribution in [2.45, 2.75) is 31.3 Å². The molecule has 0 aromatic heterocycles. The number of benzene rings is 1. The van der Waals surface area contributed by atoms with Crippen LogP contribution in [-0.2, 0) is 14.6 Å². The molecule has 1 heterocycles. The van der Waals surface area contributed by atoms with E-state index in [4.69, 9.17) is 4.74 Å². The first-order valence-electron chi connectivity index (χ1n) is 7.74. The van der Waals surface area contributed by atoms with Gasteiger partial charge in [-0.05, 0) is 31.4 Å². The zero-order chi connectivity index (χ0) is 17.3. The molecule has 1 amide bonds. The summed E-state index contributed by atoms with van der Waals surface area (Å²) in [6.07, 6.45) is 2.25. The lowest BCUT2D eigenvalue weighted by molar-refractivity contribution is -0.384. The van der Waals surface area contributed by atoms with E-state index in [1.165, 1.54) is 24.3 Å². The van der Waals surface area contributed by atoms with E-state index < -0.39 is 14.8 Å². The number of hydrogen-bond acceptors (Lipinski definition) is 6. The summed E-state index contributed by atoms with van der Waals surface area (Å²) in [7, 11) is -3.06. The second kappa shape index (κ2) is 6.39. The molecule has 0 N–H and O–H groups in total. The maximum absolute atomic E-state index is 12.5. The first-order valence-corrected chi connectivity index (χ1v) is 9.57. The average molecular weight is 354 g/mol. The Kier molecular flexibility index (Phi) is 4.44. The van der Waals surface area contributed by atoms with Gasteiger partial charge in [-0.25, -0.2) is 8.42 Å². The van der Waals surface area contributed by atoms with Gasteiger partial charge < -0.3 is 9.64 Å². The summed E-state index contributed by atoms with van der Waals surface area (Å²) < 4.78 is 28.7. The van der Waals surface area contributed by atoms with Crippen molar-refractivity contribution in [2.75, 3.05) is 18.1 Å². The fourth-order valence-corrected chi connectivity index (χ4v) is 4.65. The molecule has 3 rings (SSSR count). The van der Waals surface area contributed by atoms with E-state index in [0.29, 0.717) is 12.2 Å². The molecule has 130 valence electrons. The third kappa shape index (κ3) is 3.84. The summed E-state index contributed by atoms with van der Waals surface area (Å²) >= 11 is 0. The lowest BCUT2D eigenvalue weighted by Gasteiger charge is -2.28. The molecule has 1 aliphatic carbocycles. The van der Waals surface area contributed by atoms with Crippen molar-refractivity contribution in [1.29, 1.82) is 0 Å². The Labute approximate surface area is 139 Å². The molecule has 1 aromatic rings. The van der Waals surface area contributed by atoms with E-state index in [1.807, 2.05) is 0 Å². The zero-order valence-corrected chi connectivity index (χ0v) is 13.8. The molecule has 0 spiro atoms. The molecule has 8 nitrogen and oxygen atoms in total. The van der Waals surface area contributed by atoms with E-state index in [9.17, 15) is 23.3 Å². The maximum Gasteiger partial charge on any atom is 0.269 e. The maximum atomic E-state index is 12.5. The molecule has 0 unspecified atom stereocenters. The molecule has 9 heteroatoms. The summed E-state index contributed by atoms with van der Waals surface area (Å²) in [5.74, 6) is 0.270. The highest BCUT2D eigenvalue weighted by atomic mass is 32.2. The van der Waals surface area contributed by atoms with Gasteiger partial charge in [0.05, 0.1) is 16.4 Å². The standard InChI is InChI=1S/C15H18N2O6S/c18-15(9-23-14-5-3-12(4-6-14)17(19)20)16(11-1-2-11)13-7-8-24(21,22)10-13/h3-6,11,13H,1-2,7-10H2/t13-/m1/s1. The number of nitrogens with zero attached hydrogens (tertiary/aromatic N) is 2. The number of ether oxygens (including phenoxy) is 1. The fourth-order valence-electron chi connectivity index (χ4n) is 2.94. The minimum absolute atomic E-state index is 0.0206. The Morgan fingerprint density at radius 3 is 2.38 bits per heavy atom. The predicted octanol–water partition coefficient (Wildman–Crippen LogP) is 1.15. The van der Waals surface area contributed by atoms with Crippen LogP contribution in [0.4, 0.5) is 5.69 Å². The lowest BCUT2D eigenvalue weighted by atomic mass is 10.2. The summed E-state index contributed by atoms with van der Waals surface area (Å²) in [5, 5.41) is 10.6. The van der Waals surface area contributed by atoms with Gasteiger partial charge in [0.1, 0.15) is 5.75 Å². The van der Waals surface area contributed by atoms with Crippen LogP contribution in [0.25, 0.3) is 0 Å². The molecule has 0 bridgehead atoms. The van der Waals surface area contributed by atoms with Crippen LogP contribution in [0.5, 0.6) is 5.75 Å². The van der Waals surface area contributed by atoms with E-state index in [1.54, 1.807) is 4.90 Å². The van der Waals surface area contributed by atoms with Crippen LogP contribution in [0, 0.1) is 10.1 Å². The molecule has 1 aromatic carbocycles. The third-order valence-corrected chi connectivity index (χ3v) is 5.99. The Morgan fingerprint density at radius 1 is 1.21 bits per heavy atom. The summed E-state index contributed by atoms with van der Waals surface area (Å²) in [6, 6.07) is 5.33. The molecule has 1 atom stereocenters. The SMILES string of the molecule is O=C(COc1ccc([N+](=O)[O-])cc1)N(C1CC1)[C@@H]1CCS(=O)(=O)C1. The van der Waals surface area contributed by atoms with Crippen molar-refractivity contribution >= 4 is 21.4 Å². The minimum Gasteiger partial charge on any atom is -0.484 e. The molecule has 1 saturated heterocycles. The first kappa shape index (κ1) is 16.7. The number of hydrogen-bond donors (Lipinski definition) is 0. The van der Waals surface area contributed by atoms with Gasteiger partial charge in [-0.1, -0.05) is 0 Å². The number of carbonyl (C=O) groups is 1. The number of carbonyl (C=O) groups excluding carboxylic acids is 1. The zero-order valence-electron chi connectivity index (χ0n) is 13.0. The van der Waals surface area contributed by atoms with Crippen LogP contribution >= 0.6 is 0 Å². The van der Waals surface area contributed by atoms with Crippen molar-refractivity contribution in [3.8, 4) is 5.75 Å². The Bertz CT molecular complexity index is 742. The van der Waals surface area contributed by atoms with Gasteiger partial charge in [0.15, 0.2) is 16.4 Å². The largest absolute Gasteiger partial charge is 0.484 e. The Morgan fingerprint density at radius 2 is 1.88 bits per heavy atom. The summed E-state index contributed by atoms with van der Waals surface area (Å²) in [4.78, 5) is 24.2. The van der Waals surface area contributed by atoms with E-state index >= 15 is 0 Å². The van der Waals surface area contributed by atoms with Gasteiger partial charge in [-0.15, -0.1) is 0 Å². The number of nitro groups is 1. The summed E-state index contributed by atoms with van der Waals surface area (Å²) in [6.45, 7) is -0.204. The summed E-state index contributed by atoms with van der Waals surface area (Å²) in [5.41, 5.74) is -0.0514. The van der Waals surface area contributed by atoms with Crippen LogP contribution in [0.1, 0.15) is 19.3 Å². The Balaban J connectivity index is 1.61. The molecule has 2 aliphatic rings. The van der Waals surface area contributed by atoms with Gasteiger partial charge >= 0.3 is 0 Å². The number of non-ortho nitro benzene ring substituents is 1. The van der Waals surface area contributed by atoms with Crippen molar-refractivity contribution in [3.05, 3.63) is 34.4 Å². The Hall–Kier alpha value is -2.16. The highest BCUT2D eigenvalue weighted by molar-refractivity contribution is 7.91. The topological polar surface area (TPSA) is 107 Å². The van der Waals surface area contributed by atoms with Crippen LogP contribution in [0.15, 0.2) is 24.3 Å². The van der Waals surface area contributed by atoms with Gasteiger partial charge in [-0.3, -0.25) is 14.9 Å². The van der Waals surface area contributed by atoms with E-state index in [2.05, 4.69) is 0 Å². The first-order chi connectivity index (χ1) is 11.4. The van der Waals surface area contributed by atoms with Crippen molar-refractivity contribution in [1.82, 2.24) is 4.90 Å². The third-order valence-electron chi connectivity index (χ3n) is 4.24. The highest BCUT2D eigenvalue weighted by Gasteiger charge is 2.42. The molecular formula is C15H18N2O6S. The van der Waals surface area contributed by atoms with Gasteiger partial charge in [0.25, 0.3) is 11.6 Å². The molecule has 0 radical (unpaired) electrons. The second-order valence-electron chi connectivity index (χ2n) is 6.13. The van der Waals surface area contributed by atoms with Crippen molar-refractivity contribution in [2.24, 2.45) is 0 Å². The van der Waals surface area contributed by atoms with Crippen LogP contribution < -0.4 is 4.74 Å². The smallest absolute Gasteiger partial charge is 0.269 e. The fraction of sp³-hybridized carbons (Fsp3) is 0.533. The number of sulfone groups is 1. The minimum atomic E-state index is -3.06. The van der Waals surface area contributed by atoms with Crippen molar-refractivity contribution < 1.29 is 22.9 Å². The molecule has 24 heavy (non-hydrogen) atoms.